The van der Waals surface area contributed by atoms with Crippen LogP contribution in [0.25, 0.3) is 0 Å². The molecular weight excluding hydrogens is 399 g/mol. The molecule has 0 saturated carbocycles. The molecule has 5 rings (SSSR count). The van der Waals surface area contributed by atoms with Crippen LogP contribution in [0.1, 0.15) is 35.4 Å². The molecular formula is C24H21FN2O2S. The van der Waals surface area contributed by atoms with Gasteiger partial charge >= 0.3 is 0 Å². The van der Waals surface area contributed by atoms with E-state index < -0.39 is 0 Å². The number of hydrogen-bond acceptors (Lipinski definition) is 5. The van der Waals surface area contributed by atoms with E-state index in [1.807, 2.05) is 17.1 Å². The molecule has 0 amide bonds. The fourth-order valence-corrected chi connectivity index (χ4v) is 4.46. The van der Waals surface area contributed by atoms with Crippen molar-refractivity contribution < 1.29 is 13.9 Å². The van der Waals surface area contributed by atoms with E-state index in [0.717, 1.165) is 28.2 Å². The standard InChI is InChI=1S/C24H21FN2O2S/c1-28-22-5-3-4-19-21-14-20(15-6-10-17(25)11-7-15)26-27(21)24(29-23(19)22)16-8-12-18(30-2)13-9-16/h3-13,21,24H,14H2,1-2H3/t21-,24+/m1/s1. The third-order valence-corrected chi connectivity index (χ3v) is 6.32. The molecule has 0 unspecified atom stereocenters. The molecule has 6 heteroatoms. The van der Waals surface area contributed by atoms with Gasteiger partial charge in [0.2, 0.25) is 6.23 Å². The summed E-state index contributed by atoms with van der Waals surface area (Å²) < 4.78 is 25.4. The average molecular weight is 421 g/mol. The maximum atomic E-state index is 13.4. The van der Waals surface area contributed by atoms with Crippen molar-refractivity contribution in [2.24, 2.45) is 5.10 Å². The lowest BCUT2D eigenvalue weighted by atomic mass is 9.95. The molecule has 152 valence electrons. The van der Waals surface area contributed by atoms with Crippen molar-refractivity contribution in [2.75, 3.05) is 13.4 Å². The molecule has 0 bridgehead atoms. The molecule has 0 aromatic heterocycles. The number of methoxy groups -OCH3 is 1. The van der Waals surface area contributed by atoms with Gasteiger partial charge < -0.3 is 9.47 Å². The Morgan fingerprint density at radius 2 is 1.83 bits per heavy atom. The molecule has 2 aliphatic rings. The first-order valence-electron chi connectivity index (χ1n) is 9.77. The van der Waals surface area contributed by atoms with Gasteiger partial charge in [-0.1, -0.05) is 36.4 Å². The molecule has 0 aliphatic carbocycles. The minimum atomic E-state index is -0.368. The lowest BCUT2D eigenvalue weighted by Crippen LogP contribution is -2.33. The molecule has 3 aromatic carbocycles. The highest BCUT2D eigenvalue weighted by atomic mass is 32.2. The van der Waals surface area contributed by atoms with Gasteiger partial charge in [0.05, 0.1) is 18.9 Å². The molecule has 0 radical (unpaired) electrons. The van der Waals surface area contributed by atoms with Crippen molar-refractivity contribution in [2.45, 2.75) is 23.6 Å². The summed E-state index contributed by atoms with van der Waals surface area (Å²) in [4.78, 5) is 1.20. The number of hydrogen-bond donors (Lipinski definition) is 0. The molecule has 2 heterocycles. The zero-order chi connectivity index (χ0) is 20.7. The number of thioether (sulfide) groups is 1. The summed E-state index contributed by atoms with van der Waals surface area (Å²) >= 11 is 1.70. The van der Waals surface area contributed by atoms with Crippen LogP contribution in [0, 0.1) is 5.82 Å². The second-order valence-electron chi connectivity index (χ2n) is 7.28. The van der Waals surface area contributed by atoms with Crippen LogP contribution in [0.3, 0.4) is 0 Å². The maximum Gasteiger partial charge on any atom is 0.214 e. The second-order valence-corrected chi connectivity index (χ2v) is 8.16. The summed E-state index contributed by atoms with van der Waals surface area (Å²) in [7, 11) is 1.66. The fourth-order valence-electron chi connectivity index (χ4n) is 4.05. The number of rotatable bonds is 4. The van der Waals surface area contributed by atoms with Crippen LogP contribution in [0.4, 0.5) is 4.39 Å². The molecule has 4 nitrogen and oxygen atoms in total. The van der Waals surface area contributed by atoms with Crippen molar-refractivity contribution in [3.8, 4) is 11.5 Å². The molecule has 2 atom stereocenters. The molecule has 0 spiro atoms. The van der Waals surface area contributed by atoms with E-state index in [4.69, 9.17) is 14.6 Å². The van der Waals surface area contributed by atoms with Crippen LogP contribution < -0.4 is 9.47 Å². The first-order valence-corrected chi connectivity index (χ1v) is 11.0. The van der Waals surface area contributed by atoms with E-state index in [1.165, 1.54) is 17.0 Å². The van der Waals surface area contributed by atoms with Crippen molar-refractivity contribution in [3.05, 3.63) is 89.2 Å². The number of nitrogens with zero attached hydrogens (tertiary/aromatic N) is 2. The van der Waals surface area contributed by atoms with Gasteiger partial charge in [0, 0.05) is 22.4 Å². The molecule has 0 N–H and O–H groups in total. The summed E-state index contributed by atoms with van der Waals surface area (Å²) in [5.41, 5.74) is 3.92. The van der Waals surface area contributed by atoms with Crippen LogP contribution in [0.5, 0.6) is 11.5 Å². The number of benzene rings is 3. The average Bonchev–Trinajstić information content (AvgIpc) is 3.24. The Bertz CT molecular complexity index is 1100. The Kier molecular flexibility index (Phi) is 4.87. The Hall–Kier alpha value is -2.99. The molecule has 0 saturated heterocycles. The predicted octanol–water partition coefficient (Wildman–Crippen LogP) is 5.80. The van der Waals surface area contributed by atoms with Crippen molar-refractivity contribution in [3.63, 3.8) is 0 Å². The molecule has 3 aromatic rings. The second kappa shape index (κ2) is 7.69. The van der Waals surface area contributed by atoms with E-state index in [0.29, 0.717) is 12.2 Å². The van der Waals surface area contributed by atoms with E-state index >= 15 is 0 Å². The zero-order valence-electron chi connectivity index (χ0n) is 16.7. The first kappa shape index (κ1) is 19.0. The van der Waals surface area contributed by atoms with Crippen LogP contribution >= 0.6 is 11.8 Å². The van der Waals surface area contributed by atoms with E-state index in [1.54, 1.807) is 31.0 Å². The summed E-state index contributed by atoms with van der Waals surface area (Å²) in [5, 5.41) is 6.94. The fraction of sp³-hybridized carbons (Fsp3) is 0.208. The van der Waals surface area contributed by atoms with Crippen LogP contribution in [-0.4, -0.2) is 24.1 Å². The number of ether oxygens (including phenoxy) is 2. The molecule has 0 fully saturated rings. The maximum absolute atomic E-state index is 13.4. The Morgan fingerprint density at radius 1 is 1.07 bits per heavy atom. The van der Waals surface area contributed by atoms with Crippen molar-refractivity contribution >= 4 is 17.5 Å². The predicted molar refractivity (Wildman–Crippen MR) is 117 cm³/mol. The summed E-state index contributed by atoms with van der Waals surface area (Å²) in [5.74, 6) is 1.23. The largest absolute Gasteiger partial charge is 0.493 e. The first-order chi connectivity index (χ1) is 14.7. The zero-order valence-corrected chi connectivity index (χ0v) is 17.5. The highest BCUT2D eigenvalue weighted by Gasteiger charge is 2.42. The summed E-state index contributed by atoms with van der Waals surface area (Å²) in [6.45, 7) is 0. The number of hydrazone groups is 1. The minimum absolute atomic E-state index is 0.0223. The van der Waals surface area contributed by atoms with Gasteiger partial charge in [-0.25, -0.2) is 9.40 Å². The van der Waals surface area contributed by atoms with Crippen LogP contribution in [0.2, 0.25) is 0 Å². The minimum Gasteiger partial charge on any atom is -0.493 e. The van der Waals surface area contributed by atoms with Crippen molar-refractivity contribution in [1.82, 2.24) is 5.01 Å². The lowest BCUT2D eigenvalue weighted by Gasteiger charge is -2.38. The SMILES string of the molecule is COc1cccc2c1O[C@@H](c1ccc(SC)cc1)N1N=C(c3ccc(F)cc3)C[C@H]21. The van der Waals surface area contributed by atoms with Crippen LogP contribution in [0.15, 0.2) is 76.7 Å². The molecule has 2 aliphatic heterocycles. The highest BCUT2D eigenvalue weighted by molar-refractivity contribution is 7.98. The Morgan fingerprint density at radius 3 is 2.53 bits per heavy atom. The van der Waals surface area contributed by atoms with Gasteiger partial charge in [-0.2, -0.15) is 5.10 Å². The van der Waals surface area contributed by atoms with Crippen molar-refractivity contribution in [1.29, 1.82) is 0 Å². The number of halogens is 1. The lowest BCUT2D eigenvalue weighted by molar-refractivity contribution is -0.0209. The Labute approximate surface area is 179 Å². The quantitative estimate of drug-likeness (QED) is 0.500. The van der Waals surface area contributed by atoms with Crippen LogP contribution in [-0.2, 0) is 0 Å². The van der Waals surface area contributed by atoms with Gasteiger partial charge in [-0.15, -0.1) is 11.8 Å². The van der Waals surface area contributed by atoms with Gasteiger partial charge in [0.25, 0.3) is 0 Å². The summed E-state index contributed by atoms with van der Waals surface area (Å²) in [6.07, 6.45) is 2.41. The van der Waals surface area contributed by atoms with E-state index in [2.05, 4.69) is 36.6 Å². The third kappa shape index (κ3) is 3.21. The topological polar surface area (TPSA) is 34.1 Å². The van der Waals surface area contributed by atoms with Gasteiger partial charge in [-0.3, -0.25) is 0 Å². The monoisotopic (exact) mass is 420 g/mol. The Balaban J connectivity index is 1.59. The van der Waals surface area contributed by atoms with Gasteiger partial charge in [-0.05, 0) is 42.2 Å². The summed E-state index contributed by atoms with van der Waals surface area (Å²) in [6, 6.07) is 20.8. The third-order valence-electron chi connectivity index (χ3n) is 5.58. The van der Waals surface area contributed by atoms with Gasteiger partial charge in [0.1, 0.15) is 5.82 Å². The highest BCUT2D eigenvalue weighted by Crippen LogP contribution is 2.50. The normalized spacial score (nSPS) is 19.6. The van der Waals surface area contributed by atoms with E-state index in [-0.39, 0.29) is 18.1 Å². The van der Waals surface area contributed by atoms with E-state index in [9.17, 15) is 4.39 Å². The number of para-hydroxylation sites is 1. The van der Waals surface area contributed by atoms with Gasteiger partial charge in [0.15, 0.2) is 11.5 Å². The number of fused-ring (bicyclic) bond motifs is 3. The molecule has 30 heavy (non-hydrogen) atoms. The smallest absolute Gasteiger partial charge is 0.214 e.